The Kier molecular flexibility index (Phi) is 6.77. The Morgan fingerprint density at radius 1 is 1.09 bits per heavy atom. The van der Waals surface area contributed by atoms with Gasteiger partial charge in [0.05, 0.1) is 10.6 Å². The molecule has 0 aliphatic carbocycles. The maximum Gasteiger partial charge on any atom is 0.311 e. The van der Waals surface area contributed by atoms with Crippen LogP contribution in [0.15, 0.2) is 54.9 Å². The van der Waals surface area contributed by atoms with Gasteiger partial charge in [0.1, 0.15) is 5.65 Å². The number of fused-ring (bicyclic) bond motifs is 1. The minimum atomic E-state index is -0.526. The number of nitrogens with two attached hydrogens (primary N) is 1. The number of benzene rings is 1. The van der Waals surface area contributed by atoms with Crippen LogP contribution in [0.3, 0.4) is 0 Å². The van der Waals surface area contributed by atoms with Gasteiger partial charge in [0.25, 0.3) is 0 Å². The van der Waals surface area contributed by atoms with Gasteiger partial charge in [0.15, 0.2) is 0 Å². The third kappa shape index (κ3) is 5.25. The van der Waals surface area contributed by atoms with Crippen LogP contribution in [0.5, 0.6) is 0 Å². The van der Waals surface area contributed by atoms with Crippen LogP contribution in [-0.4, -0.2) is 30.8 Å². The molecule has 4 aromatic rings. The number of nitrogens with one attached hydrogen (secondary N) is 1. The zero-order valence-corrected chi connectivity index (χ0v) is 18.6. The fourth-order valence-corrected chi connectivity index (χ4v) is 3.69. The quantitative estimate of drug-likeness (QED) is 0.206. The largest absolute Gasteiger partial charge is 0.378 e. The normalized spacial score (nSPS) is 11.1. The van der Waals surface area contributed by atoms with E-state index in [1.807, 2.05) is 16.7 Å². The Labute approximate surface area is 191 Å². The maximum absolute atomic E-state index is 10.9. The monoisotopic (exact) mass is 445 g/mol. The highest BCUT2D eigenvalue weighted by atomic mass is 16.6. The van der Waals surface area contributed by atoms with Crippen LogP contribution < -0.4 is 11.1 Å². The highest BCUT2D eigenvalue weighted by molar-refractivity contribution is 5.66. The maximum atomic E-state index is 10.9. The number of imidazole rings is 1. The smallest absolute Gasteiger partial charge is 0.311 e. The van der Waals surface area contributed by atoms with E-state index < -0.39 is 4.92 Å². The number of pyridine rings is 1. The van der Waals surface area contributed by atoms with Crippen LogP contribution in [0.1, 0.15) is 37.4 Å². The van der Waals surface area contributed by atoms with Gasteiger partial charge in [0, 0.05) is 42.3 Å². The summed E-state index contributed by atoms with van der Waals surface area (Å²) in [6.07, 6.45) is 8.49. The molecule has 0 spiro atoms. The highest BCUT2D eigenvalue weighted by Crippen LogP contribution is 2.23. The molecule has 0 unspecified atom stereocenters. The molecule has 9 nitrogen and oxygen atoms in total. The number of nitrogen functional groups attached to an aromatic ring is 1. The van der Waals surface area contributed by atoms with Gasteiger partial charge in [-0.05, 0) is 37.3 Å². The summed E-state index contributed by atoms with van der Waals surface area (Å²) in [6, 6.07) is 13.6. The lowest BCUT2D eigenvalue weighted by Crippen LogP contribution is -2.10. The number of anilines is 2. The minimum absolute atomic E-state index is 0.0549. The first kappa shape index (κ1) is 22.2. The number of unbranched alkanes of at least 4 members (excludes halogenated alkanes) is 1. The zero-order chi connectivity index (χ0) is 23.2. The summed E-state index contributed by atoms with van der Waals surface area (Å²) in [5.41, 5.74) is 10.3. The van der Waals surface area contributed by atoms with E-state index in [-0.39, 0.29) is 11.5 Å². The molecule has 0 radical (unpaired) electrons. The summed E-state index contributed by atoms with van der Waals surface area (Å²) in [7, 11) is 0. The molecule has 0 saturated heterocycles. The second-order valence-electron chi connectivity index (χ2n) is 7.92. The van der Waals surface area contributed by atoms with Crippen LogP contribution in [0.25, 0.3) is 16.9 Å². The molecular weight excluding hydrogens is 418 g/mol. The van der Waals surface area contributed by atoms with Crippen molar-refractivity contribution in [2.75, 3.05) is 17.6 Å². The molecule has 0 fully saturated rings. The molecule has 33 heavy (non-hydrogen) atoms. The fourth-order valence-electron chi connectivity index (χ4n) is 3.69. The number of rotatable bonds is 10. The van der Waals surface area contributed by atoms with Gasteiger partial charge < -0.3 is 11.1 Å². The predicted molar refractivity (Wildman–Crippen MR) is 129 cm³/mol. The summed E-state index contributed by atoms with van der Waals surface area (Å²) >= 11 is 0. The van der Waals surface area contributed by atoms with Crippen molar-refractivity contribution in [2.45, 2.75) is 39.0 Å². The SMILES string of the molecule is CCCCc1ccc(-c2cc3nccn3c(NCCCc3ccc([N+](=O)[O-])c(N)n3)n2)cc1. The number of hydrogen-bond donors (Lipinski definition) is 2. The number of nitro groups is 1. The molecule has 0 aliphatic rings. The Bertz CT molecular complexity index is 1250. The van der Waals surface area contributed by atoms with E-state index in [2.05, 4.69) is 46.5 Å². The van der Waals surface area contributed by atoms with Crippen molar-refractivity contribution in [2.24, 2.45) is 0 Å². The van der Waals surface area contributed by atoms with Crippen molar-refractivity contribution in [3.05, 3.63) is 76.2 Å². The van der Waals surface area contributed by atoms with E-state index in [0.29, 0.717) is 18.9 Å². The first-order valence-electron chi connectivity index (χ1n) is 11.1. The zero-order valence-electron chi connectivity index (χ0n) is 18.6. The topological polar surface area (TPSA) is 124 Å². The molecule has 0 amide bonds. The van der Waals surface area contributed by atoms with E-state index in [9.17, 15) is 10.1 Å². The molecule has 3 heterocycles. The highest BCUT2D eigenvalue weighted by Gasteiger charge is 2.13. The average Bonchev–Trinajstić information content (AvgIpc) is 3.29. The van der Waals surface area contributed by atoms with Crippen LogP contribution in [-0.2, 0) is 12.8 Å². The molecule has 0 saturated carbocycles. The molecule has 170 valence electrons. The average molecular weight is 446 g/mol. The molecule has 0 aliphatic heterocycles. The van der Waals surface area contributed by atoms with Crippen molar-refractivity contribution < 1.29 is 4.92 Å². The van der Waals surface area contributed by atoms with Crippen molar-refractivity contribution in [3.63, 3.8) is 0 Å². The molecule has 3 N–H and O–H groups in total. The van der Waals surface area contributed by atoms with E-state index in [4.69, 9.17) is 10.7 Å². The van der Waals surface area contributed by atoms with E-state index in [1.165, 1.54) is 24.5 Å². The van der Waals surface area contributed by atoms with Gasteiger partial charge in [0.2, 0.25) is 11.8 Å². The van der Waals surface area contributed by atoms with E-state index in [0.717, 1.165) is 35.4 Å². The molecule has 9 heteroatoms. The molecule has 4 rings (SSSR count). The second-order valence-corrected chi connectivity index (χ2v) is 7.92. The Morgan fingerprint density at radius 3 is 2.64 bits per heavy atom. The molecular formula is C24H27N7O2. The van der Waals surface area contributed by atoms with Crippen molar-refractivity contribution in [3.8, 4) is 11.3 Å². The van der Waals surface area contributed by atoms with E-state index >= 15 is 0 Å². The van der Waals surface area contributed by atoms with Gasteiger partial charge in [-0.15, -0.1) is 0 Å². The van der Waals surface area contributed by atoms with Gasteiger partial charge in [-0.1, -0.05) is 37.6 Å². The number of nitrogens with zero attached hydrogens (tertiary/aromatic N) is 5. The van der Waals surface area contributed by atoms with Gasteiger partial charge in [-0.3, -0.25) is 14.5 Å². The third-order valence-corrected chi connectivity index (χ3v) is 5.51. The van der Waals surface area contributed by atoms with Gasteiger partial charge in [-0.25, -0.2) is 15.0 Å². The standard InChI is InChI=1S/C24H27N7O2/c1-2-3-5-17-7-9-18(10-8-17)20-16-22-26-14-15-30(22)24(29-20)27-13-4-6-19-11-12-21(31(32)33)23(25)28-19/h7-12,14-16H,2-6,13H2,1H3,(H2,25,28)(H,27,29). The van der Waals surface area contributed by atoms with Crippen LogP contribution in [0, 0.1) is 10.1 Å². The van der Waals surface area contributed by atoms with Crippen LogP contribution in [0.4, 0.5) is 17.5 Å². The Morgan fingerprint density at radius 2 is 1.91 bits per heavy atom. The lowest BCUT2D eigenvalue weighted by molar-refractivity contribution is -0.384. The number of hydrogen-bond acceptors (Lipinski definition) is 7. The summed E-state index contributed by atoms with van der Waals surface area (Å²) in [5.74, 6) is 0.659. The summed E-state index contributed by atoms with van der Waals surface area (Å²) < 4.78 is 1.92. The van der Waals surface area contributed by atoms with Gasteiger partial charge >= 0.3 is 5.69 Å². The second kappa shape index (κ2) is 10.1. The fraction of sp³-hybridized carbons (Fsp3) is 0.292. The molecule has 3 aromatic heterocycles. The number of aryl methyl sites for hydroxylation is 2. The van der Waals surface area contributed by atoms with Gasteiger partial charge in [-0.2, -0.15) is 0 Å². The molecule has 1 aromatic carbocycles. The number of aromatic nitrogens is 4. The van der Waals surface area contributed by atoms with Crippen molar-refractivity contribution in [1.29, 1.82) is 0 Å². The molecule has 0 atom stereocenters. The van der Waals surface area contributed by atoms with Crippen molar-refractivity contribution in [1.82, 2.24) is 19.4 Å². The lowest BCUT2D eigenvalue weighted by Gasteiger charge is -2.11. The summed E-state index contributed by atoms with van der Waals surface area (Å²) in [4.78, 5) is 23.8. The predicted octanol–water partition coefficient (Wildman–Crippen LogP) is 4.67. The molecule has 0 bridgehead atoms. The first-order chi connectivity index (χ1) is 16.0. The van der Waals surface area contributed by atoms with Crippen molar-refractivity contribution >= 4 is 23.1 Å². The lowest BCUT2D eigenvalue weighted by atomic mass is 10.0. The third-order valence-electron chi connectivity index (χ3n) is 5.51. The Balaban J connectivity index is 1.44. The van der Waals surface area contributed by atoms with E-state index in [1.54, 1.807) is 12.3 Å². The Hall–Kier alpha value is -4.01. The van der Waals surface area contributed by atoms with Crippen LogP contribution in [0.2, 0.25) is 0 Å². The summed E-state index contributed by atoms with van der Waals surface area (Å²) in [6.45, 7) is 2.85. The minimum Gasteiger partial charge on any atom is -0.378 e. The summed E-state index contributed by atoms with van der Waals surface area (Å²) in [5, 5.41) is 14.3. The van der Waals surface area contributed by atoms with Crippen LogP contribution >= 0.6 is 0 Å². The first-order valence-corrected chi connectivity index (χ1v) is 11.1.